The zero-order valence-corrected chi connectivity index (χ0v) is 14.9. The zero-order valence-electron chi connectivity index (χ0n) is 14.1. The summed E-state index contributed by atoms with van der Waals surface area (Å²) in [5, 5.41) is 5.41. The van der Waals surface area contributed by atoms with Gasteiger partial charge in [-0.05, 0) is 36.8 Å². The van der Waals surface area contributed by atoms with Crippen molar-refractivity contribution in [3.63, 3.8) is 0 Å². The summed E-state index contributed by atoms with van der Waals surface area (Å²) in [7, 11) is -3.49. The number of benzene rings is 2. The van der Waals surface area contributed by atoms with E-state index in [-0.39, 0.29) is 22.9 Å². The molecule has 0 aliphatic carbocycles. The summed E-state index contributed by atoms with van der Waals surface area (Å²) >= 11 is 0. The molecule has 0 heterocycles. The van der Waals surface area contributed by atoms with E-state index in [4.69, 9.17) is 0 Å². The Balaban J connectivity index is 2.07. The molecule has 0 fully saturated rings. The highest BCUT2D eigenvalue weighted by atomic mass is 32.2. The van der Waals surface area contributed by atoms with Crippen molar-refractivity contribution < 1.29 is 18.0 Å². The molecule has 0 saturated heterocycles. The molecule has 132 valence electrons. The first kappa shape index (κ1) is 18.7. The number of carbonyl (C=O) groups is 2. The van der Waals surface area contributed by atoms with Crippen molar-refractivity contribution in [3.05, 3.63) is 65.2 Å². The third-order valence-corrected chi connectivity index (χ3v) is 4.69. The monoisotopic (exact) mass is 360 g/mol. The molecule has 2 aromatic carbocycles. The fourth-order valence-corrected chi connectivity index (χ4v) is 3.18. The Morgan fingerprint density at radius 2 is 1.56 bits per heavy atom. The van der Waals surface area contributed by atoms with Crippen LogP contribution in [0.25, 0.3) is 0 Å². The van der Waals surface area contributed by atoms with Crippen LogP contribution in [-0.2, 0) is 16.4 Å². The summed E-state index contributed by atoms with van der Waals surface area (Å²) < 4.78 is 23.5. The lowest BCUT2D eigenvalue weighted by Crippen LogP contribution is -2.25. The van der Waals surface area contributed by atoms with Crippen molar-refractivity contribution in [1.29, 1.82) is 0 Å². The maximum Gasteiger partial charge on any atom is 0.252 e. The summed E-state index contributed by atoms with van der Waals surface area (Å²) in [6.07, 6.45) is 1.07. The summed E-state index contributed by atoms with van der Waals surface area (Å²) in [6.45, 7) is 2.62. The molecular formula is C18H20N2O4S. The summed E-state index contributed by atoms with van der Waals surface area (Å²) in [4.78, 5) is 24.0. The molecule has 2 amide bonds. The van der Waals surface area contributed by atoms with E-state index in [0.29, 0.717) is 12.1 Å². The lowest BCUT2D eigenvalue weighted by molar-refractivity contribution is 0.0941. The fourth-order valence-electron chi connectivity index (χ4n) is 2.29. The van der Waals surface area contributed by atoms with E-state index >= 15 is 0 Å². The molecule has 0 saturated carbocycles. The largest absolute Gasteiger partial charge is 0.352 e. The van der Waals surface area contributed by atoms with Crippen LogP contribution in [-0.4, -0.2) is 33.0 Å². The highest BCUT2D eigenvalue weighted by molar-refractivity contribution is 7.90. The molecule has 6 nitrogen and oxygen atoms in total. The quantitative estimate of drug-likeness (QED) is 0.821. The lowest BCUT2D eigenvalue weighted by atomic mass is 10.1. The summed E-state index contributed by atoms with van der Waals surface area (Å²) in [5.41, 5.74) is 1.46. The Labute approximate surface area is 147 Å². The van der Waals surface area contributed by atoms with Gasteiger partial charge in [0.1, 0.15) is 0 Å². The van der Waals surface area contributed by atoms with Gasteiger partial charge in [0.15, 0.2) is 9.84 Å². The number of rotatable bonds is 6. The molecule has 0 bridgehead atoms. The minimum Gasteiger partial charge on any atom is -0.352 e. The molecule has 2 aromatic rings. The topological polar surface area (TPSA) is 92.3 Å². The normalized spacial score (nSPS) is 11.0. The molecule has 2 rings (SSSR count). The molecule has 0 aliphatic rings. The molecule has 0 aliphatic heterocycles. The third kappa shape index (κ3) is 4.90. The molecule has 7 heteroatoms. The van der Waals surface area contributed by atoms with Gasteiger partial charge in [0.2, 0.25) is 0 Å². The second-order valence-electron chi connectivity index (χ2n) is 5.51. The zero-order chi connectivity index (χ0) is 18.4. The Morgan fingerprint density at radius 1 is 0.920 bits per heavy atom. The maximum absolute atomic E-state index is 12.3. The van der Waals surface area contributed by atoms with E-state index in [1.807, 2.05) is 6.92 Å². The minimum atomic E-state index is -3.49. The van der Waals surface area contributed by atoms with Gasteiger partial charge in [-0.3, -0.25) is 9.59 Å². The molecule has 2 N–H and O–H groups in total. The Kier molecular flexibility index (Phi) is 5.93. The van der Waals surface area contributed by atoms with Crippen LogP contribution in [0.4, 0.5) is 0 Å². The van der Waals surface area contributed by atoms with Crippen molar-refractivity contribution in [2.75, 3.05) is 12.8 Å². The average Bonchev–Trinajstić information content (AvgIpc) is 2.59. The Bertz CT molecular complexity index is 874. The first-order valence-electron chi connectivity index (χ1n) is 7.77. The van der Waals surface area contributed by atoms with E-state index in [2.05, 4.69) is 10.6 Å². The van der Waals surface area contributed by atoms with Gasteiger partial charge in [-0.1, -0.05) is 24.3 Å². The molecular weight excluding hydrogens is 340 g/mol. The van der Waals surface area contributed by atoms with Crippen LogP contribution in [0.1, 0.15) is 33.2 Å². The van der Waals surface area contributed by atoms with Gasteiger partial charge < -0.3 is 10.6 Å². The number of nitrogens with one attached hydrogen (secondary N) is 2. The van der Waals surface area contributed by atoms with Gasteiger partial charge in [-0.2, -0.15) is 0 Å². The number of carbonyl (C=O) groups excluding carboxylic acids is 2. The number of hydrogen-bond donors (Lipinski definition) is 2. The van der Waals surface area contributed by atoms with Crippen molar-refractivity contribution in [3.8, 4) is 0 Å². The lowest BCUT2D eigenvalue weighted by Gasteiger charge is -2.09. The number of amides is 2. The van der Waals surface area contributed by atoms with Gasteiger partial charge in [0, 0.05) is 24.9 Å². The van der Waals surface area contributed by atoms with Gasteiger partial charge in [0.25, 0.3) is 11.8 Å². The summed E-state index contributed by atoms with van der Waals surface area (Å²) in [5.74, 6) is -0.617. The Hall–Kier alpha value is -2.67. The highest BCUT2D eigenvalue weighted by Crippen LogP contribution is 2.15. The van der Waals surface area contributed by atoms with E-state index in [0.717, 1.165) is 11.8 Å². The van der Waals surface area contributed by atoms with E-state index in [1.165, 1.54) is 12.1 Å². The van der Waals surface area contributed by atoms with Crippen molar-refractivity contribution in [2.24, 2.45) is 0 Å². The average molecular weight is 360 g/mol. The molecule has 0 unspecified atom stereocenters. The van der Waals surface area contributed by atoms with E-state index in [1.54, 1.807) is 36.4 Å². The van der Waals surface area contributed by atoms with Crippen LogP contribution in [0.15, 0.2) is 53.4 Å². The molecule has 25 heavy (non-hydrogen) atoms. The molecule has 0 atom stereocenters. The number of sulfone groups is 1. The van der Waals surface area contributed by atoms with Crippen LogP contribution in [0.2, 0.25) is 0 Å². The van der Waals surface area contributed by atoms with Gasteiger partial charge in [-0.25, -0.2) is 8.42 Å². The number of hydrogen-bond acceptors (Lipinski definition) is 4. The Morgan fingerprint density at radius 3 is 2.16 bits per heavy atom. The van der Waals surface area contributed by atoms with E-state index in [9.17, 15) is 18.0 Å². The van der Waals surface area contributed by atoms with E-state index < -0.39 is 15.7 Å². The fraction of sp³-hybridized carbons (Fsp3) is 0.222. The van der Waals surface area contributed by atoms with Crippen molar-refractivity contribution in [1.82, 2.24) is 10.6 Å². The van der Waals surface area contributed by atoms with Crippen LogP contribution in [0, 0.1) is 0 Å². The first-order valence-corrected chi connectivity index (χ1v) is 9.66. The van der Waals surface area contributed by atoms with Crippen LogP contribution in [0.5, 0.6) is 0 Å². The van der Waals surface area contributed by atoms with Crippen molar-refractivity contribution in [2.45, 2.75) is 18.4 Å². The predicted octanol–water partition coefficient (Wildman–Crippen LogP) is 1.77. The standard InChI is InChI=1S/C18H20N2O4S/c1-3-19-17(21)14-10-8-13(9-11-14)12-20-18(22)15-6-4-5-7-16(15)25(2,23)24/h4-11H,3,12H2,1-2H3,(H,19,21)(H,20,22). The van der Waals surface area contributed by atoms with Crippen LogP contribution in [0.3, 0.4) is 0 Å². The third-order valence-electron chi connectivity index (χ3n) is 3.54. The van der Waals surface area contributed by atoms with Crippen molar-refractivity contribution >= 4 is 21.7 Å². The molecule has 0 spiro atoms. The smallest absolute Gasteiger partial charge is 0.252 e. The van der Waals surface area contributed by atoms with Crippen LogP contribution >= 0.6 is 0 Å². The second kappa shape index (κ2) is 7.94. The SMILES string of the molecule is CCNC(=O)c1ccc(CNC(=O)c2ccccc2S(C)(=O)=O)cc1. The maximum atomic E-state index is 12.3. The highest BCUT2D eigenvalue weighted by Gasteiger charge is 2.17. The van der Waals surface area contributed by atoms with Gasteiger partial charge >= 0.3 is 0 Å². The minimum absolute atomic E-state index is 0.000848. The molecule has 0 aromatic heterocycles. The first-order chi connectivity index (χ1) is 11.8. The van der Waals surface area contributed by atoms with Gasteiger partial charge in [0.05, 0.1) is 10.5 Å². The predicted molar refractivity (Wildman–Crippen MR) is 95.2 cm³/mol. The van der Waals surface area contributed by atoms with Crippen LogP contribution < -0.4 is 10.6 Å². The van der Waals surface area contributed by atoms with Gasteiger partial charge in [-0.15, -0.1) is 0 Å². The second-order valence-corrected chi connectivity index (χ2v) is 7.49. The molecule has 0 radical (unpaired) electrons. The summed E-state index contributed by atoms with van der Waals surface area (Å²) in [6, 6.07) is 12.9.